The van der Waals surface area contributed by atoms with Crippen molar-refractivity contribution in [2.45, 2.75) is 20.8 Å². The van der Waals surface area contributed by atoms with Crippen LogP contribution in [0.4, 0.5) is 5.69 Å². The lowest BCUT2D eigenvalue weighted by Gasteiger charge is -2.23. The van der Waals surface area contributed by atoms with E-state index < -0.39 is 5.63 Å². The van der Waals surface area contributed by atoms with Crippen LogP contribution in [0, 0.1) is 6.92 Å². The van der Waals surface area contributed by atoms with E-state index in [1.54, 1.807) is 6.07 Å². The largest absolute Gasteiger partial charge is 0.436 e. The molecule has 0 unspecified atom stereocenters. The van der Waals surface area contributed by atoms with Crippen LogP contribution in [0.5, 0.6) is 0 Å². The molecule has 26 heavy (non-hydrogen) atoms. The maximum Gasteiger partial charge on any atom is 0.349 e. The monoisotopic (exact) mass is 348 g/mol. The SMILES string of the molecule is CCN(CC)c1cc2oc(=O)c(-c3nc4ccccc4o3)cc2cc1C. The molecule has 0 amide bonds. The van der Waals surface area contributed by atoms with Crippen molar-refractivity contribution < 1.29 is 8.83 Å². The summed E-state index contributed by atoms with van der Waals surface area (Å²) in [5.41, 5.74) is 4.05. The minimum absolute atomic E-state index is 0.285. The normalized spacial score (nSPS) is 11.3. The van der Waals surface area contributed by atoms with E-state index in [2.05, 4.69) is 30.7 Å². The molecule has 0 saturated heterocycles. The fraction of sp³-hybridized carbons (Fsp3) is 0.238. The summed E-state index contributed by atoms with van der Waals surface area (Å²) in [4.78, 5) is 19.2. The lowest BCUT2D eigenvalue weighted by molar-refractivity contribution is 0.553. The molecule has 0 fully saturated rings. The second kappa shape index (κ2) is 6.33. The van der Waals surface area contributed by atoms with Gasteiger partial charge in [-0.3, -0.25) is 0 Å². The molecule has 0 N–H and O–H groups in total. The molecule has 2 aromatic carbocycles. The lowest BCUT2D eigenvalue weighted by Crippen LogP contribution is -2.22. The van der Waals surface area contributed by atoms with Crippen molar-refractivity contribution in [1.29, 1.82) is 0 Å². The molecule has 5 nitrogen and oxygen atoms in total. The molecule has 0 aliphatic rings. The molecule has 4 aromatic rings. The number of nitrogens with zero attached hydrogens (tertiary/aromatic N) is 2. The molecular formula is C21H20N2O3. The predicted molar refractivity (Wildman–Crippen MR) is 104 cm³/mol. The van der Waals surface area contributed by atoms with Gasteiger partial charge in [0.1, 0.15) is 16.7 Å². The number of fused-ring (bicyclic) bond motifs is 2. The van der Waals surface area contributed by atoms with Gasteiger partial charge < -0.3 is 13.7 Å². The molecule has 0 aliphatic carbocycles. The Labute approximate surface area is 150 Å². The van der Waals surface area contributed by atoms with Gasteiger partial charge >= 0.3 is 5.63 Å². The average Bonchev–Trinajstić information content (AvgIpc) is 3.07. The summed E-state index contributed by atoms with van der Waals surface area (Å²) in [6.07, 6.45) is 0. The van der Waals surface area contributed by atoms with Crippen LogP contribution < -0.4 is 10.5 Å². The van der Waals surface area contributed by atoms with Gasteiger partial charge in [0, 0.05) is 30.2 Å². The van der Waals surface area contributed by atoms with Crippen LogP contribution in [0.1, 0.15) is 19.4 Å². The summed E-state index contributed by atoms with van der Waals surface area (Å²) in [6, 6.07) is 13.2. The first kappa shape index (κ1) is 16.4. The highest BCUT2D eigenvalue weighted by Gasteiger charge is 2.16. The first-order valence-corrected chi connectivity index (χ1v) is 8.80. The number of para-hydroxylation sites is 2. The van der Waals surface area contributed by atoms with Gasteiger partial charge in [0.25, 0.3) is 0 Å². The molecule has 4 rings (SSSR count). The van der Waals surface area contributed by atoms with Crippen LogP contribution in [0.2, 0.25) is 0 Å². The number of aryl methyl sites for hydroxylation is 1. The molecule has 0 bridgehead atoms. The summed E-state index contributed by atoms with van der Waals surface area (Å²) in [5, 5.41) is 0.857. The number of aromatic nitrogens is 1. The van der Waals surface area contributed by atoms with Crippen LogP contribution >= 0.6 is 0 Å². The fourth-order valence-electron chi connectivity index (χ4n) is 3.31. The highest BCUT2D eigenvalue weighted by molar-refractivity contribution is 5.86. The zero-order valence-electron chi connectivity index (χ0n) is 15.1. The Morgan fingerprint density at radius 2 is 1.77 bits per heavy atom. The van der Waals surface area contributed by atoms with Crippen molar-refractivity contribution in [3.63, 3.8) is 0 Å². The first-order chi connectivity index (χ1) is 12.6. The van der Waals surface area contributed by atoms with Gasteiger partial charge in [-0.1, -0.05) is 12.1 Å². The lowest BCUT2D eigenvalue weighted by atomic mass is 10.1. The van der Waals surface area contributed by atoms with Crippen LogP contribution in [0.15, 0.2) is 56.1 Å². The van der Waals surface area contributed by atoms with Crippen molar-refractivity contribution in [2.75, 3.05) is 18.0 Å². The van der Waals surface area contributed by atoms with Gasteiger partial charge in [-0.15, -0.1) is 0 Å². The fourth-order valence-corrected chi connectivity index (χ4v) is 3.31. The molecule has 5 heteroatoms. The Balaban J connectivity index is 1.89. The van der Waals surface area contributed by atoms with E-state index in [0.29, 0.717) is 16.7 Å². The molecule has 0 atom stereocenters. The average molecular weight is 348 g/mol. The van der Waals surface area contributed by atoms with E-state index in [0.717, 1.165) is 35.2 Å². The van der Waals surface area contributed by atoms with E-state index in [9.17, 15) is 4.79 Å². The molecule has 0 spiro atoms. The Morgan fingerprint density at radius 3 is 2.50 bits per heavy atom. The Bertz CT molecular complexity index is 1120. The van der Waals surface area contributed by atoms with Crippen molar-refractivity contribution >= 4 is 27.8 Å². The maximum absolute atomic E-state index is 12.5. The van der Waals surface area contributed by atoms with Crippen molar-refractivity contribution in [1.82, 2.24) is 4.98 Å². The second-order valence-corrected chi connectivity index (χ2v) is 6.28. The van der Waals surface area contributed by atoms with Crippen LogP contribution in [-0.2, 0) is 0 Å². The number of hydrogen-bond acceptors (Lipinski definition) is 5. The van der Waals surface area contributed by atoms with Crippen molar-refractivity contribution in [2.24, 2.45) is 0 Å². The number of oxazole rings is 1. The molecule has 0 aliphatic heterocycles. The third kappa shape index (κ3) is 2.65. The number of anilines is 1. The molecule has 2 aromatic heterocycles. The van der Waals surface area contributed by atoms with E-state index in [-0.39, 0.29) is 5.89 Å². The summed E-state index contributed by atoms with van der Waals surface area (Å²) >= 11 is 0. The quantitative estimate of drug-likeness (QED) is 0.498. The smallest absolute Gasteiger partial charge is 0.349 e. The summed E-state index contributed by atoms with van der Waals surface area (Å²) in [6.45, 7) is 8.08. The second-order valence-electron chi connectivity index (χ2n) is 6.28. The van der Waals surface area contributed by atoms with Crippen molar-refractivity contribution in [3.8, 4) is 11.5 Å². The Kier molecular flexibility index (Phi) is 3.99. The molecule has 132 valence electrons. The number of rotatable bonds is 4. The number of hydrogen-bond donors (Lipinski definition) is 0. The minimum atomic E-state index is -0.446. The van der Waals surface area contributed by atoms with Crippen molar-refractivity contribution in [3.05, 3.63) is 58.4 Å². The van der Waals surface area contributed by atoms with Gasteiger partial charge in [0.05, 0.1) is 0 Å². The van der Waals surface area contributed by atoms with Gasteiger partial charge in [0.2, 0.25) is 5.89 Å². The van der Waals surface area contributed by atoms with Gasteiger partial charge in [0.15, 0.2) is 5.58 Å². The molecule has 0 radical (unpaired) electrons. The van der Waals surface area contributed by atoms with E-state index in [1.165, 1.54) is 0 Å². The number of benzene rings is 2. The zero-order chi connectivity index (χ0) is 18.3. The van der Waals surface area contributed by atoms with E-state index in [1.807, 2.05) is 36.4 Å². The maximum atomic E-state index is 12.5. The topological polar surface area (TPSA) is 59.5 Å². The van der Waals surface area contributed by atoms with Crippen LogP contribution in [-0.4, -0.2) is 18.1 Å². The summed E-state index contributed by atoms with van der Waals surface area (Å²) < 4.78 is 11.3. The Hall–Kier alpha value is -3.08. The first-order valence-electron chi connectivity index (χ1n) is 8.80. The minimum Gasteiger partial charge on any atom is -0.436 e. The highest BCUT2D eigenvalue weighted by atomic mass is 16.4. The summed E-state index contributed by atoms with van der Waals surface area (Å²) in [5.74, 6) is 0.285. The molecule has 2 heterocycles. The highest BCUT2D eigenvalue weighted by Crippen LogP contribution is 2.29. The third-order valence-corrected chi connectivity index (χ3v) is 4.68. The standard InChI is InChI=1S/C21H20N2O3/c1-4-23(5-2)17-12-19-14(10-13(17)3)11-15(21(24)26-19)20-22-16-8-6-7-9-18(16)25-20/h6-12H,4-5H2,1-3H3. The van der Waals surface area contributed by atoms with E-state index >= 15 is 0 Å². The third-order valence-electron chi connectivity index (χ3n) is 4.68. The van der Waals surface area contributed by atoms with Gasteiger partial charge in [-0.05, 0) is 50.6 Å². The Morgan fingerprint density at radius 1 is 1.00 bits per heavy atom. The van der Waals surface area contributed by atoms with Gasteiger partial charge in [-0.2, -0.15) is 0 Å². The predicted octanol–water partition coefficient (Wildman–Crippen LogP) is 4.76. The van der Waals surface area contributed by atoms with Crippen LogP contribution in [0.25, 0.3) is 33.5 Å². The summed E-state index contributed by atoms with van der Waals surface area (Å²) in [7, 11) is 0. The van der Waals surface area contributed by atoms with Crippen LogP contribution in [0.3, 0.4) is 0 Å². The zero-order valence-corrected chi connectivity index (χ0v) is 15.1. The molecule has 0 saturated carbocycles. The van der Waals surface area contributed by atoms with Gasteiger partial charge in [-0.25, -0.2) is 9.78 Å². The van der Waals surface area contributed by atoms with E-state index in [4.69, 9.17) is 8.83 Å². The molecular weight excluding hydrogens is 328 g/mol.